The topological polar surface area (TPSA) is 17.8 Å². The van der Waals surface area contributed by atoms with Gasteiger partial charge < -0.3 is 4.57 Å². The minimum absolute atomic E-state index is 0.0295. The van der Waals surface area contributed by atoms with Gasteiger partial charge in [-0.2, -0.15) is 0 Å². The highest BCUT2D eigenvalue weighted by atomic mass is 15.1. The molecule has 0 bridgehead atoms. The van der Waals surface area contributed by atoms with Crippen molar-refractivity contribution in [2.45, 2.75) is 225 Å². The number of unbranched alkanes of at least 4 members (excludes halogenated alkanes) is 25. The summed E-state index contributed by atoms with van der Waals surface area (Å²) in [4.78, 5) is 5.18. The molecule has 3 rings (SSSR count). The van der Waals surface area contributed by atoms with Crippen molar-refractivity contribution in [3.8, 4) is 0 Å². The lowest BCUT2D eigenvalue weighted by molar-refractivity contribution is 0.321. The lowest BCUT2D eigenvalue weighted by Crippen LogP contribution is -2.35. The molecule has 0 saturated carbocycles. The zero-order valence-electron chi connectivity index (χ0n) is 34.6. The Kier molecular flexibility index (Phi) is 24.6. The largest absolute Gasteiger partial charge is 0.335 e. The number of aromatic nitrogens is 2. The standard InChI is InChI=1S/C50H82N2/c1-4-6-8-10-12-14-16-18-19-20-21-23-25-27-35-41-48(50(3,47-39-33-30-34-40-47)45-46-37-31-29-32-38-46)49-51-42-44-52(49)43-36-28-26-24-22-17-15-13-11-9-7-5-2/h29-34,37-40,42,44,48H,4-28,35-36,41,43,45H2,1-3H3. The molecule has 0 aliphatic heterocycles. The summed E-state index contributed by atoms with van der Waals surface area (Å²) in [6.07, 6.45) is 44.5. The maximum absolute atomic E-state index is 5.18. The molecule has 292 valence electrons. The Morgan fingerprint density at radius 3 is 1.37 bits per heavy atom. The average Bonchev–Trinajstić information content (AvgIpc) is 3.63. The molecule has 0 spiro atoms. The molecule has 2 heteroatoms. The lowest BCUT2D eigenvalue weighted by atomic mass is 9.66. The molecule has 2 unspecified atom stereocenters. The summed E-state index contributed by atoms with van der Waals surface area (Å²) >= 11 is 0. The molecule has 1 heterocycles. The highest BCUT2D eigenvalue weighted by molar-refractivity contribution is 5.33. The molecule has 2 aromatic carbocycles. The molecule has 0 N–H and O–H groups in total. The summed E-state index contributed by atoms with van der Waals surface area (Å²) in [7, 11) is 0. The Morgan fingerprint density at radius 2 is 0.904 bits per heavy atom. The highest BCUT2D eigenvalue weighted by Crippen LogP contribution is 2.44. The smallest absolute Gasteiger partial charge is 0.112 e. The minimum Gasteiger partial charge on any atom is -0.335 e. The third-order valence-corrected chi connectivity index (χ3v) is 12.0. The Labute approximate surface area is 323 Å². The summed E-state index contributed by atoms with van der Waals surface area (Å²) in [5, 5.41) is 0. The van der Waals surface area contributed by atoms with Crippen LogP contribution in [0.2, 0.25) is 0 Å². The van der Waals surface area contributed by atoms with Crippen molar-refractivity contribution in [3.63, 3.8) is 0 Å². The maximum Gasteiger partial charge on any atom is 0.112 e. The van der Waals surface area contributed by atoms with E-state index < -0.39 is 0 Å². The molecule has 1 aromatic heterocycles. The van der Waals surface area contributed by atoms with Crippen molar-refractivity contribution in [2.24, 2.45) is 0 Å². The van der Waals surface area contributed by atoms with Crippen LogP contribution in [0.5, 0.6) is 0 Å². The van der Waals surface area contributed by atoms with Crippen LogP contribution in [-0.2, 0) is 18.4 Å². The van der Waals surface area contributed by atoms with E-state index in [0.717, 1.165) is 13.0 Å². The quantitative estimate of drug-likeness (QED) is 0.0564. The summed E-state index contributed by atoms with van der Waals surface area (Å²) in [6.45, 7) is 8.25. The van der Waals surface area contributed by atoms with E-state index in [1.807, 2.05) is 0 Å². The molecule has 0 fully saturated rings. The number of hydrogen-bond donors (Lipinski definition) is 0. The molecule has 0 saturated heterocycles. The first-order valence-corrected chi connectivity index (χ1v) is 22.8. The minimum atomic E-state index is -0.0295. The van der Waals surface area contributed by atoms with Crippen LogP contribution >= 0.6 is 0 Å². The Bertz CT molecular complexity index is 1200. The van der Waals surface area contributed by atoms with Crippen LogP contribution in [0.25, 0.3) is 0 Å². The molecule has 0 aliphatic carbocycles. The molecule has 3 aromatic rings. The van der Waals surface area contributed by atoms with Gasteiger partial charge in [0.1, 0.15) is 5.82 Å². The fourth-order valence-electron chi connectivity index (χ4n) is 8.66. The second-order valence-electron chi connectivity index (χ2n) is 16.6. The van der Waals surface area contributed by atoms with Gasteiger partial charge in [-0.05, 0) is 30.4 Å². The predicted octanol–water partition coefficient (Wildman–Crippen LogP) is 16.1. The highest BCUT2D eigenvalue weighted by Gasteiger charge is 2.39. The molecule has 2 nitrogen and oxygen atoms in total. The van der Waals surface area contributed by atoms with Gasteiger partial charge in [-0.15, -0.1) is 0 Å². The van der Waals surface area contributed by atoms with E-state index in [1.54, 1.807) is 0 Å². The molecule has 2 atom stereocenters. The van der Waals surface area contributed by atoms with Crippen LogP contribution in [0, 0.1) is 0 Å². The number of benzene rings is 2. The molecular weight excluding hydrogens is 629 g/mol. The molecular formula is C50H82N2. The van der Waals surface area contributed by atoms with E-state index in [-0.39, 0.29) is 5.41 Å². The zero-order valence-corrected chi connectivity index (χ0v) is 34.6. The number of rotatable bonds is 34. The van der Waals surface area contributed by atoms with E-state index in [0.29, 0.717) is 5.92 Å². The second-order valence-corrected chi connectivity index (χ2v) is 16.6. The second kappa shape index (κ2) is 29.1. The van der Waals surface area contributed by atoms with Crippen molar-refractivity contribution in [1.82, 2.24) is 9.55 Å². The molecule has 0 aliphatic rings. The SMILES string of the molecule is CCCCCCCCCCCCCCCCCC(c1nccn1CCCCCCCCCCCCCC)C(C)(Cc1ccccc1)c1ccccc1. The van der Waals surface area contributed by atoms with Crippen LogP contribution in [0.4, 0.5) is 0 Å². The van der Waals surface area contributed by atoms with Crippen molar-refractivity contribution < 1.29 is 0 Å². The van der Waals surface area contributed by atoms with Gasteiger partial charge >= 0.3 is 0 Å². The number of nitrogens with zero attached hydrogens (tertiary/aromatic N) is 2. The van der Waals surface area contributed by atoms with Crippen molar-refractivity contribution >= 4 is 0 Å². The normalized spacial score (nSPS) is 13.4. The zero-order chi connectivity index (χ0) is 36.8. The van der Waals surface area contributed by atoms with Crippen molar-refractivity contribution in [3.05, 3.63) is 90.0 Å². The van der Waals surface area contributed by atoms with Gasteiger partial charge in [0.25, 0.3) is 0 Å². The van der Waals surface area contributed by atoms with Gasteiger partial charge in [-0.3, -0.25) is 0 Å². The van der Waals surface area contributed by atoms with E-state index in [4.69, 9.17) is 4.98 Å². The van der Waals surface area contributed by atoms with E-state index >= 15 is 0 Å². The monoisotopic (exact) mass is 711 g/mol. The summed E-state index contributed by atoms with van der Waals surface area (Å²) < 4.78 is 2.54. The van der Waals surface area contributed by atoms with Crippen LogP contribution < -0.4 is 0 Å². The first-order valence-electron chi connectivity index (χ1n) is 22.8. The predicted molar refractivity (Wildman–Crippen MR) is 230 cm³/mol. The Morgan fingerprint density at radius 1 is 0.500 bits per heavy atom. The van der Waals surface area contributed by atoms with E-state index in [1.165, 1.54) is 197 Å². The van der Waals surface area contributed by atoms with Crippen LogP contribution in [-0.4, -0.2) is 9.55 Å². The maximum atomic E-state index is 5.18. The Hall–Kier alpha value is -2.35. The molecule has 52 heavy (non-hydrogen) atoms. The summed E-state index contributed by atoms with van der Waals surface area (Å²) in [6, 6.07) is 22.6. The van der Waals surface area contributed by atoms with Gasteiger partial charge in [0, 0.05) is 30.3 Å². The molecule has 0 radical (unpaired) electrons. The van der Waals surface area contributed by atoms with Crippen LogP contribution in [0.3, 0.4) is 0 Å². The fourth-order valence-corrected chi connectivity index (χ4v) is 8.66. The summed E-state index contributed by atoms with van der Waals surface area (Å²) in [5.74, 6) is 1.69. The van der Waals surface area contributed by atoms with Gasteiger partial charge in [-0.1, -0.05) is 248 Å². The first kappa shape index (κ1) is 44.0. The van der Waals surface area contributed by atoms with Gasteiger partial charge in [-0.25, -0.2) is 4.98 Å². The van der Waals surface area contributed by atoms with E-state index in [9.17, 15) is 0 Å². The van der Waals surface area contributed by atoms with Gasteiger partial charge in [0.05, 0.1) is 0 Å². The Balaban J connectivity index is 1.52. The third-order valence-electron chi connectivity index (χ3n) is 12.0. The van der Waals surface area contributed by atoms with Crippen molar-refractivity contribution in [2.75, 3.05) is 0 Å². The van der Waals surface area contributed by atoms with Gasteiger partial charge in [0.15, 0.2) is 0 Å². The number of hydrogen-bond acceptors (Lipinski definition) is 1. The lowest BCUT2D eigenvalue weighted by Gasteiger charge is -2.39. The van der Waals surface area contributed by atoms with Crippen LogP contribution in [0.15, 0.2) is 73.1 Å². The third kappa shape index (κ3) is 18.1. The summed E-state index contributed by atoms with van der Waals surface area (Å²) in [5.41, 5.74) is 2.84. The van der Waals surface area contributed by atoms with E-state index in [2.05, 4.69) is 98.4 Å². The molecule has 0 amide bonds. The van der Waals surface area contributed by atoms with Crippen molar-refractivity contribution in [1.29, 1.82) is 0 Å². The average molecular weight is 711 g/mol. The van der Waals surface area contributed by atoms with Crippen LogP contribution in [0.1, 0.15) is 223 Å². The van der Waals surface area contributed by atoms with Gasteiger partial charge in [0.2, 0.25) is 0 Å². The number of aryl methyl sites for hydroxylation is 1. The number of imidazole rings is 1. The fraction of sp³-hybridized carbons (Fsp3) is 0.700. The first-order chi connectivity index (χ1) is 25.7.